The number of dihydropyridines is 1. The second-order valence-electron chi connectivity index (χ2n) is 9.14. The van der Waals surface area contributed by atoms with Crippen molar-refractivity contribution in [1.29, 1.82) is 0 Å². The molecule has 168 valence electrons. The molecule has 0 radical (unpaired) electrons. The van der Waals surface area contributed by atoms with Crippen LogP contribution in [0.3, 0.4) is 0 Å². The molecule has 6 nitrogen and oxygen atoms in total. The molecule has 4 rings (SSSR count). The zero-order valence-electron chi connectivity index (χ0n) is 18.4. The minimum Gasteiger partial charge on any atom is -0.392 e. The molecule has 0 fully saturated rings. The first kappa shape index (κ1) is 22.2. The Kier molecular flexibility index (Phi) is 5.90. The van der Waals surface area contributed by atoms with E-state index in [1.165, 1.54) is 11.1 Å². The van der Waals surface area contributed by atoms with E-state index in [-0.39, 0.29) is 24.1 Å². The van der Waals surface area contributed by atoms with Gasteiger partial charge < -0.3 is 20.6 Å². The van der Waals surface area contributed by atoms with Crippen molar-refractivity contribution in [3.63, 3.8) is 0 Å². The first-order valence-corrected chi connectivity index (χ1v) is 10.6. The molecule has 0 aliphatic carbocycles. The molecule has 2 aromatic carbocycles. The first-order valence-electron chi connectivity index (χ1n) is 10.6. The number of nitrogens with zero attached hydrogens (tertiary/aromatic N) is 2. The minimum atomic E-state index is -1.22. The van der Waals surface area contributed by atoms with Crippen LogP contribution >= 0.6 is 0 Å². The summed E-state index contributed by atoms with van der Waals surface area (Å²) in [4.78, 5) is 0. The molecule has 0 bridgehead atoms. The maximum atomic E-state index is 14.9. The Balaban J connectivity index is 1.60. The molecule has 0 saturated carbocycles. The predicted molar refractivity (Wildman–Crippen MR) is 122 cm³/mol. The molecular weight excluding hydrogens is 409 g/mol. The smallest absolute Gasteiger partial charge is 0.172 e. The molecule has 0 amide bonds. The van der Waals surface area contributed by atoms with E-state index in [0.29, 0.717) is 11.1 Å². The number of aliphatic hydroxyl groups is 3. The zero-order chi connectivity index (χ0) is 23.0. The SMILES string of the molecule is CC(C)(C)c1cc(F)c2c(c1)C=NN(Cc1ccc(C3=CC(O)NC=C3)c(CO)c1)C2O. The summed E-state index contributed by atoms with van der Waals surface area (Å²) in [6.07, 6.45) is 4.72. The normalized spacial score (nSPS) is 20.1. The monoisotopic (exact) mass is 437 g/mol. The highest BCUT2D eigenvalue weighted by molar-refractivity contribution is 5.83. The second kappa shape index (κ2) is 8.50. The molecule has 2 heterocycles. The van der Waals surface area contributed by atoms with Crippen molar-refractivity contribution in [1.82, 2.24) is 10.3 Å². The van der Waals surface area contributed by atoms with Crippen molar-refractivity contribution in [3.8, 4) is 0 Å². The number of allylic oxidation sites excluding steroid dienone is 2. The lowest BCUT2D eigenvalue weighted by molar-refractivity contribution is -0.00767. The van der Waals surface area contributed by atoms with Gasteiger partial charge in [0.1, 0.15) is 12.0 Å². The lowest BCUT2D eigenvalue weighted by Gasteiger charge is -2.31. The molecule has 7 heteroatoms. The highest BCUT2D eigenvalue weighted by atomic mass is 19.1. The summed E-state index contributed by atoms with van der Waals surface area (Å²) in [6, 6.07) is 8.91. The number of fused-ring (bicyclic) bond motifs is 1. The molecule has 2 aliphatic rings. The maximum absolute atomic E-state index is 14.9. The molecule has 2 unspecified atom stereocenters. The van der Waals surface area contributed by atoms with Gasteiger partial charge >= 0.3 is 0 Å². The van der Waals surface area contributed by atoms with E-state index in [9.17, 15) is 19.7 Å². The average molecular weight is 438 g/mol. The number of hydrazone groups is 1. The second-order valence-corrected chi connectivity index (χ2v) is 9.14. The van der Waals surface area contributed by atoms with Crippen LogP contribution in [-0.4, -0.2) is 32.8 Å². The molecule has 0 aromatic heterocycles. The lowest BCUT2D eigenvalue weighted by atomic mass is 9.84. The fourth-order valence-electron chi connectivity index (χ4n) is 3.96. The third-order valence-electron chi connectivity index (χ3n) is 5.78. The van der Waals surface area contributed by atoms with Crippen LogP contribution in [0, 0.1) is 5.82 Å². The van der Waals surface area contributed by atoms with E-state index in [1.807, 2.05) is 51.1 Å². The number of hydrogen-bond acceptors (Lipinski definition) is 6. The van der Waals surface area contributed by atoms with E-state index in [2.05, 4.69) is 10.4 Å². The summed E-state index contributed by atoms with van der Waals surface area (Å²) in [6.45, 7) is 6.08. The highest BCUT2D eigenvalue weighted by Crippen LogP contribution is 2.34. The summed E-state index contributed by atoms with van der Waals surface area (Å²) >= 11 is 0. The standard InChI is InChI=1S/C25H28FN3O3/c1-25(2,3)19-9-17-12-28-29(24(32)23(17)21(26)11-19)13-15-4-5-20(18(8-15)14-30)16-6-7-27-22(31)10-16/h4-12,22,24,27,30-32H,13-14H2,1-3H3. The maximum Gasteiger partial charge on any atom is 0.172 e. The van der Waals surface area contributed by atoms with E-state index in [1.54, 1.807) is 18.5 Å². The van der Waals surface area contributed by atoms with Gasteiger partial charge in [0.2, 0.25) is 0 Å². The van der Waals surface area contributed by atoms with Crippen molar-refractivity contribution in [2.45, 2.75) is 51.8 Å². The minimum absolute atomic E-state index is 0.184. The quantitative estimate of drug-likeness (QED) is 0.590. The van der Waals surface area contributed by atoms with Crippen molar-refractivity contribution in [3.05, 3.63) is 87.9 Å². The predicted octanol–water partition coefficient (Wildman–Crippen LogP) is 3.27. The summed E-state index contributed by atoms with van der Waals surface area (Å²) < 4.78 is 14.9. The Bertz CT molecular complexity index is 1120. The van der Waals surface area contributed by atoms with Crippen LogP contribution in [-0.2, 0) is 18.6 Å². The number of nitrogens with one attached hydrogen (secondary N) is 1. The van der Waals surface area contributed by atoms with Gasteiger partial charge in [0.05, 0.1) is 19.4 Å². The first-order chi connectivity index (χ1) is 15.2. The number of benzene rings is 2. The van der Waals surface area contributed by atoms with Crippen LogP contribution < -0.4 is 5.32 Å². The van der Waals surface area contributed by atoms with Crippen LogP contribution in [0.15, 0.2) is 53.8 Å². The van der Waals surface area contributed by atoms with Crippen LogP contribution in [0.2, 0.25) is 0 Å². The van der Waals surface area contributed by atoms with Gasteiger partial charge in [0.15, 0.2) is 6.23 Å². The van der Waals surface area contributed by atoms with E-state index in [4.69, 9.17) is 0 Å². The Morgan fingerprint density at radius 3 is 2.62 bits per heavy atom. The van der Waals surface area contributed by atoms with Gasteiger partial charge in [-0.2, -0.15) is 5.10 Å². The third kappa shape index (κ3) is 4.32. The van der Waals surface area contributed by atoms with Crippen LogP contribution in [0.1, 0.15) is 60.4 Å². The summed E-state index contributed by atoms with van der Waals surface area (Å²) in [5.41, 5.74) is 4.51. The van der Waals surface area contributed by atoms with Crippen molar-refractivity contribution >= 4 is 11.8 Å². The highest BCUT2D eigenvalue weighted by Gasteiger charge is 2.28. The van der Waals surface area contributed by atoms with Crippen molar-refractivity contribution < 1.29 is 19.7 Å². The molecule has 0 saturated heterocycles. The molecule has 32 heavy (non-hydrogen) atoms. The average Bonchev–Trinajstić information content (AvgIpc) is 2.74. The van der Waals surface area contributed by atoms with Crippen LogP contribution in [0.5, 0.6) is 0 Å². The number of aliphatic hydroxyl groups excluding tert-OH is 3. The fourth-order valence-corrected chi connectivity index (χ4v) is 3.96. The van der Waals surface area contributed by atoms with E-state index in [0.717, 1.165) is 22.3 Å². The largest absolute Gasteiger partial charge is 0.392 e. The van der Waals surface area contributed by atoms with Gasteiger partial charge in [-0.15, -0.1) is 0 Å². The molecule has 4 N–H and O–H groups in total. The Hall–Kier alpha value is -3.00. The number of rotatable bonds is 4. The molecule has 2 aromatic rings. The van der Waals surface area contributed by atoms with Gasteiger partial charge in [-0.25, -0.2) is 4.39 Å². The van der Waals surface area contributed by atoms with Gasteiger partial charge in [0.25, 0.3) is 0 Å². The number of hydrogen-bond donors (Lipinski definition) is 4. The molecule has 2 atom stereocenters. The van der Waals surface area contributed by atoms with Gasteiger partial charge in [-0.1, -0.05) is 39.0 Å². The van der Waals surface area contributed by atoms with Crippen molar-refractivity contribution in [2.24, 2.45) is 5.10 Å². The Morgan fingerprint density at radius 1 is 1.16 bits per heavy atom. The number of halogens is 1. The summed E-state index contributed by atoms with van der Waals surface area (Å²) in [5, 5.41) is 39.1. The van der Waals surface area contributed by atoms with Crippen molar-refractivity contribution in [2.75, 3.05) is 0 Å². The topological polar surface area (TPSA) is 88.3 Å². The van der Waals surface area contributed by atoms with E-state index >= 15 is 0 Å². The fraction of sp³-hybridized carbons (Fsp3) is 0.320. The summed E-state index contributed by atoms with van der Waals surface area (Å²) in [7, 11) is 0. The summed E-state index contributed by atoms with van der Waals surface area (Å²) in [5.74, 6) is -0.453. The van der Waals surface area contributed by atoms with Gasteiger partial charge in [-0.05, 0) is 63.7 Å². The molecule has 0 spiro atoms. The molecular formula is C25H28FN3O3. The van der Waals surface area contributed by atoms with Crippen LogP contribution in [0.25, 0.3) is 5.57 Å². The van der Waals surface area contributed by atoms with Crippen LogP contribution in [0.4, 0.5) is 4.39 Å². The molecule has 2 aliphatic heterocycles. The Morgan fingerprint density at radius 2 is 1.94 bits per heavy atom. The van der Waals surface area contributed by atoms with Gasteiger partial charge in [0, 0.05) is 11.1 Å². The third-order valence-corrected chi connectivity index (χ3v) is 5.78. The van der Waals surface area contributed by atoms with Gasteiger partial charge in [-0.3, -0.25) is 5.01 Å². The lowest BCUT2D eigenvalue weighted by Crippen LogP contribution is -2.29. The van der Waals surface area contributed by atoms with E-state index < -0.39 is 18.3 Å². The Labute approximate surface area is 187 Å². The zero-order valence-corrected chi connectivity index (χ0v) is 18.4.